The number of hydrogen-bond donors (Lipinski definition) is 0. The summed E-state index contributed by atoms with van der Waals surface area (Å²) in [5.41, 5.74) is 1.99. The zero-order chi connectivity index (χ0) is 27.5. The zero-order valence-electron chi connectivity index (χ0n) is 19.5. The minimum atomic E-state index is -5.42. The first-order valence-corrected chi connectivity index (χ1v) is 13.8. The summed E-state index contributed by atoms with van der Waals surface area (Å²) in [6.07, 6.45) is 0. The number of esters is 1. The minimum absolute atomic E-state index is 0.120. The van der Waals surface area contributed by atoms with E-state index in [1.807, 2.05) is 60.1 Å². The van der Waals surface area contributed by atoms with Crippen LogP contribution in [0.2, 0.25) is 0 Å². The Morgan fingerprint density at radius 1 is 0.865 bits per heavy atom. The Bertz CT molecular complexity index is 1660. The van der Waals surface area contributed by atoms with Crippen molar-refractivity contribution in [3.63, 3.8) is 0 Å². The van der Waals surface area contributed by atoms with Crippen LogP contribution in [-0.4, -0.2) is 41.6 Å². The number of fused-ring (bicyclic) bond motifs is 2. The predicted molar refractivity (Wildman–Crippen MR) is 131 cm³/mol. The monoisotopic (exact) mass is 571 g/mol. The molecule has 4 rings (SSSR count). The average molecular weight is 572 g/mol. The summed E-state index contributed by atoms with van der Waals surface area (Å²) in [5.74, 6) is -0.973. The lowest BCUT2D eigenvalue weighted by Gasteiger charge is -2.16. The van der Waals surface area contributed by atoms with Crippen LogP contribution in [0, 0.1) is 0 Å². The molecule has 3 aromatic carbocycles. The summed E-state index contributed by atoms with van der Waals surface area (Å²) in [6, 6.07) is 17.5. The fraction of sp³-hybridized carbons (Fsp3) is 0.130. The van der Waals surface area contributed by atoms with Gasteiger partial charge in [0, 0.05) is 22.8 Å². The molecule has 0 N–H and O–H groups in total. The molecule has 37 heavy (non-hydrogen) atoms. The van der Waals surface area contributed by atoms with Crippen LogP contribution in [0.3, 0.4) is 0 Å². The molecule has 4 aromatic rings. The highest BCUT2D eigenvalue weighted by molar-refractivity contribution is 8.13. The smallest absolute Gasteiger partial charge is 0.345 e. The quantitative estimate of drug-likeness (QED) is 0.0880. The number of methoxy groups -OCH3 is 2. The number of benzene rings is 3. The van der Waals surface area contributed by atoms with Crippen molar-refractivity contribution in [3.8, 4) is 17.2 Å². The van der Waals surface area contributed by atoms with Crippen molar-refractivity contribution in [3.05, 3.63) is 66.2 Å². The van der Waals surface area contributed by atoms with E-state index in [9.17, 15) is 17.1 Å². The van der Waals surface area contributed by atoms with Crippen LogP contribution < -0.4 is 18.8 Å². The Kier molecular flexibility index (Phi) is 8.22. The molecule has 1 heterocycles. The van der Waals surface area contributed by atoms with Gasteiger partial charge in [-0.25, -0.2) is 21.6 Å². The number of halogens is 2. The Labute approximate surface area is 216 Å². The first-order chi connectivity index (χ1) is 17.3. The molecule has 0 spiro atoms. The maximum atomic E-state index is 13.5. The van der Waals surface area contributed by atoms with Crippen molar-refractivity contribution in [2.75, 3.05) is 14.2 Å². The van der Waals surface area contributed by atoms with Gasteiger partial charge in [-0.3, -0.25) is 0 Å². The number of carbonyl (C=O) groups excluding carboxylic acids is 1. The maximum absolute atomic E-state index is 13.5. The van der Waals surface area contributed by atoms with Gasteiger partial charge in [0.2, 0.25) is 16.8 Å². The van der Waals surface area contributed by atoms with E-state index in [1.54, 1.807) is 0 Å². The third-order valence-corrected chi connectivity index (χ3v) is 6.54. The second kappa shape index (κ2) is 10.8. The van der Waals surface area contributed by atoms with Gasteiger partial charge < -0.3 is 18.8 Å². The van der Waals surface area contributed by atoms with Gasteiger partial charge >= 0.3 is 5.97 Å². The molecule has 0 aliphatic carbocycles. The highest BCUT2D eigenvalue weighted by Gasteiger charge is 2.29. The minimum Gasteiger partial charge on any atom is -0.722 e. The van der Waals surface area contributed by atoms with Crippen molar-refractivity contribution in [1.82, 2.24) is 0 Å². The number of rotatable bonds is 5. The standard InChI is InChI=1S/C23H19ClNO6S.FHO3S/c1-25-16-10-6-4-8-14(16)20(15-9-5-7-11-17(15)25)23(26)31-21-18(29-2)12-13-19(22(21)30-3)32(24,27)28;1-5(2,3)4/h4-13H,1-3H3;(H,2,3,4)/q+1;/p-1. The molecule has 0 atom stereocenters. The summed E-state index contributed by atoms with van der Waals surface area (Å²) in [6.45, 7) is 0. The summed E-state index contributed by atoms with van der Waals surface area (Å²) in [7, 11) is 0.499. The van der Waals surface area contributed by atoms with Gasteiger partial charge in [-0.15, -0.1) is 3.89 Å². The predicted octanol–water partition coefficient (Wildman–Crippen LogP) is 3.40. The topological polar surface area (TPSA) is 140 Å². The molecule has 1 aromatic heterocycles. The summed E-state index contributed by atoms with van der Waals surface area (Å²) in [5, 5.41) is 1.36. The van der Waals surface area contributed by atoms with Crippen LogP contribution in [0.4, 0.5) is 3.89 Å². The molecule has 196 valence electrons. The number of hydrogen-bond acceptors (Lipinski definition) is 9. The molecular formula is C23H19ClFNO9S2. The van der Waals surface area contributed by atoms with Gasteiger partial charge in [-0.05, 0) is 24.3 Å². The maximum Gasteiger partial charge on any atom is 0.345 e. The average Bonchev–Trinajstić information content (AvgIpc) is 2.82. The third-order valence-electron chi connectivity index (χ3n) is 5.19. The van der Waals surface area contributed by atoms with Crippen molar-refractivity contribution >= 4 is 58.0 Å². The largest absolute Gasteiger partial charge is 0.722 e. The zero-order valence-corrected chi connectivity index (χ0v) is 21.9. The molecule has 0 aliphatic heterocycles. The van der Waals surface area contributed by atoms with E-state index in [1.165, 1.54) is 26.4 Å². The third kappa shape index (κ3) is 6.25. The molecule has 0 saturated carbocycles. The number of nitrogens with zero attached hydrogens (tertiary/aromatic N) is 1. The number of carbonyl (C=O) groups is 1. The Balaban J connectivity index is 0.000000695. The van der Waals surface area contributed by atoms with Gasteiger partial charge in [-0.1, -0.05) is 24.3 Å². The number of pyridine rings is 1. The van der Waals surface area contributed by atoms with Crippen molar-refractivity contribution < 1.29 is 48.8 Å². The van der Waals surface area contributed by atoms with Crippen molar-refractivity contribution in [2.24, 2.45) is 7.05 Å². The van der Waals surface area contributed by atoms with Crippen LogP contribution in [0.15, 0.2) is 65.6 Å². The first kappa shape index (κ1) is 28.1. The fourth-order valence-corrected chi connectivity index (χ4v) is 4.76. The Hall–Kier alpha value is -3.52. The fourth-order valence-electron chi connectivity index (χ4n) is 3.76. The van der Waals surface area contributed by atoms with E-state index < -0.39 is 25.5 Å². The van der Waals surface area contributed by atoms with Crippen LogP contribution in [-0.2, 0) is 26.6 Å². The molecule has 0 fully saturated rings. The van der Waals surface area contributed by atoms with Crippen LogP contribution in [0.25, 0.3) is 21.8 Å². The summed E-state index contributed by atoms with van der Waals surface area (Å²) < 4.78 is 77.6. The number of aryl methyl sites for hydroxylation is 1. The van der Waals surface area contributed by atoms with Crippen molar-refractivity contribution in [1.29, 1.82) is 0 Å². The highest BCUT2D eigenvalue weighted by atomic mass is 35.7. The second-order valence-corrected chi connectivity index (χ2v) is 10.6. The Morgan fingerprint density at radius 3 is 1.78 bits per heavy atom. The SMILES string of the molecule is COc1ccc(S(=O)(=O)Cl)c(OC)c1OC(=O)c1c2ccccc2[n+](C)c2ccccc12.O=S(=O)([O-])F. The Morgan fingerprint density at radius 2 is 1.35 bits per heavy atom. The molecule has 0 amide bonds. The van der Waals surface area contributed by atoms with E-state index in [4.69, 9.17) is 37.9 Å². The van der Waals surface area contributed by atoms with E-state index in [0.29, 0.717) is 16.3 Å². The van der Waals surface area contributed by atoms with E-state index in [0.717, 1.165) is 11.0 Å². The lowest BCUT2D eigenvalue weighted by atomic mass is 10.0. The normalized spacial score (nSPS) is 11.5. The van der Waals surface area contributed by atoms with Crippen LogP contribution >= 0.6 is 10.7 Å². The van der Waals surface area contributed by atoms with E-state index in [-0.39, 0.29) is 22.1 Å². The number of aromatic nitrogens is 1. The lowest BCUT2D eigenvalue weighted by Crippen LogP contribution is -2.31. The number of ether oxygens (including phenoxy) is 3. The molecule has 0 aliphatic rings. The van der Waals surface area contributed by atoms with Gasteiger partial charge in [0.1, 0.15) is 11.9 Å². The summed E-state index contributed by atoms with van der Waals surface area (Å²) in [4.78, 5) is 13.2. The molecule has 0 unspecified atom stereocenters. The van der Waals surface area contributed by atoms with Gasteiger partial charge in [0.05, 0.1) is 30.6 Å². The molecule has 0 bridgehead atoms. The molecular weight excluding hydrogens is 553 g/mol. The second-order valence-electron chi connectivity index (χ2n) is 7.32. The molecule has 0 saturated heterocycles. The van der Waals surface area contributed by atoms with Gasteiger partial charge in [0.15, 0.2) is 11.5 Å². The summed E-state index contributed by atoms with van der Waals surface area (Å²) >= 11 is 0. The van der Waals surface area contributed by atoms with Gasteiger partial charge in [0.25, 0.3) is 19.6 Å². The number of para-hydroxylation sites is 2. The van der Waals surface area contributed by atoms with Gasteiger partial charge in [-0.2, -0.15) is 4.57 Å². The van der Waals surface area contributed by atoms with E-state index in [2.05, 4.69) is 0 Å². The molecule has 14 heteroatoms. The van der Waals surface area contributed by atoms with Crippen LogP contribution in [0.1, 0.15) is 10.4 Å². The van der Waals surface area contributed by atoms with E-state index >= 15 is 0 Å². The van der Waals surface area contributed by atoms with Crippen molar-refractivity contribution in [2.45, 2.75) is 4.90 Å². The first-order valence-electron chi connectivity index (χ1n) is 10.1. The molecule has 10 nitrogen and oxygen atoms in total. The van der Waals surface area contributed by atoms with Crippen LogP contribution in [0.5, 0.6) is 17.2 Å². The lowest BCUT2D eigenvalue weighted by molar-refractivity contribution is -0.617. The molecule has 0 radical (unpaired) electrons. The highest BCUT2D eigenvalue weighted by Crippen LogP contribution is 2.43.